The molecule has 11 nitrogen and oxygen atoms in total. The lowest BCUT2D eigenvalue weighted by Crippen LogP contribution is -2.15. The van der Waals surface area contributed by atoms with Crippen molar-refractivity contribution in [3.05, 3.63) is 362 Å². The second-order valence-electron chi connectivity index (χ2n) is 24.8. The fourth-order valence-electron chi connectivity index (χ4n) is 12.7. The fraction of sp³-hybridized carbons (Fsp3) is 0.0333. The summed E-state index contributed by atoms with van der Waals surface area (Å²) in [5.74, 6) is 1.51. The number of aromatic nitrogens is 11. The predicted octanol–water partition coefficient (Wildman–Crippen LogP) is 25.3. The molecule has 0 bridgehead atoms. The number of rotatable bonds is 7. The largest absolute Gasteiger partial charge is 0.236 e. The summed E-state index contributed by atoms with van der Waals surface area (Å²) in [6.07, 6.45) is 1.73. The van der Waals surface area contributed by atoms with Crippen molar-refractivity contribution in [1.82, 2.24) is 54.8 Å². The Kier molecular flexibility index (Phi) is 19.5. The molecule has 0 saturated heterocycles. The molecule has 106 heavy (non-hydrogen) atoms. The van der Waals surface area contributed by atoms with Crippen LogP contribution in [0.4, 0.5) is 0 Å². The Hall–Kier alpha value is -11.1. The van der Waals surface area contributed by atoms with Gasteiger partial charge < -0.3 is 0 Å². The first kappa shape index (κ1) is 64.5. The van der Waals surface area contributed by atoms with Gasteiger partial charge in [-0.3, -0.25) is 0 Å². The molecule has 0 amide bonds. The smallest absolute Gasteiger partial charge is 0.199 e. The van der Waals surface area contributed by atoms with Crippen LogP contribution in [0.25, 0.3) is 145 Å². The molecule has 0 atom stereocenters. The molecule has 0 N–H and O–H groups in total. The van der Waals surface area contributed by atoms with Gasteiger partial charge >= 0.3 is 0 Å². The zero-order valence-electron chi connectivity index (χ0n) is 61.6. The molecule has 1 aliphatic rings. The van der Waals surface area contributed by atoms with Crippen LogP contribution in [0.15, 0.2) is 351 Å². The van der Waals surface area contributed by atoms with E-state index in [1.807, 2.05) is 170 Å². The van der Waals surface area contributed by atoms with E-state index in [-0.39, 0.29) is 35.1 Å². The third kappa shape index (κ3) is 15.6. The number of pyridine rings is 1. The molecule has 0 aliphatic heterocycles. The SMILES string of the molecule is Brc1ccc(-c2nc(-c3ccccc3)c3ccccc3n2)cc1.Brc1nc(-c2ccccc2)c2ccccc2n1.Brc1nc(-c2ccccc2)c2cccnc2n1.CC1(C)c2cc(Br)ccc2-c2ccc(-c3nc(-c4ccccc4)c4ccccc4n3)cc21.[2H]c1c([2H])c([2H])c(-c2nc(Br)nc3ccccc23)c([2H])c1[2H]. The highest BCUT2D eigenvalue weighted by molar-refractivity contribution is 9.11. The first-order valence-corrected chi connectivity index (χ1v) is 37.6. The number of halogens is 5. The number of hydrogen-bond donors (Lipinski definition) is 0. The van der Waals surface area contributed by atoms with Gasteiger partial charge in [0.05, 0.1) is 57.4 Å². The average Bonchev–Trinajstić information content (AvgIpc) is 1.57. The molecule has 6 aromatic heterocycles. The van der Waals surface area contributed by atoms with Crippen molar-refractivity contribution in [3.63, 3.8) is 0 Å². The maximum absolute atomic E-state index is 8.07. The molecule has 12 aromatic carbocycles. The third-order valence-electron chi connectivity index (χ3n) is 17.7. The Morgan fingerprint density at radius 2 is 0.623 bits per heavy atom. The van der Waals surface area contributed by atoms with Crippen molar-refractivity contribution in [2.75, 3.05) is 0 Å². The van der Waals surface area contributed by atoms with Crippen LogP contribution in [0.5, 0.6) is 0 Å². The van der Waals surface area contributed by atoms with E-state index in [1.54, 1.807) is 24.4 Å². The molecule has 0 unspecified atom stereocenters. The molecule has 6 heterocycles. The molecular formula is C90H60Br5N11. The Morgan fingerprint density at radius 3 is 1.09 bits per heavy atom. The van der Waals surface area contributed by atoms with Gasteiger partial charge in [-0.2, -0.15) is 0 Å². The zero-order chi connectivity index (χ0) is 76.9. The summed E-state index contributed by atoms with van der Waals surface area (Å²) in [6, 6.07) is 95.8. The number of hydrogen-bond acceptors (Lipinski definition) is 11. The highest BCUT2D eigenvalue weighted by Crippen LogP contribution is 2.50. The highest BCUT2D eigenvalue weighted by atomic mass is 79.9. The van der Waals surface area contributed by atoms with Crippen LogP contribution in [0.3, 0.4) is 0 Å². The number of nitrogens with zero attached hydrogens (tertiary/aromatic N) is 11. The second kappa shape index (κ2) is 32.1. The summed E-state index contributed by atoms with van der Waals surface area (Å²) in [5, 5.41) is 4.80. The Bertz CT molecular complexity index is 6370. The Balaban J connectivity index is 0.000000112. The van der Waals surface area contributed by atoms with Crippen LogP contribution in [0.2, 0.25) is 0 Å². The van der Waals surface area contributed by atoms with Crippen molar-refractivity contribution in [3.8, 4) is 90.2 Å². The van der Waals surface area contributed by atoms with Gasteiger partial charge in [-0.1, -0.05) is 300 Å². The van der Waals surface area contributed by atoms with Crippen molar-refractivity contribution < 1.29 is 6.85 Å². The van der Waals surface area contributed by atoms with Crippen molar-refractivity contribution in [2.45, 2.75) is 19.3 Å². The lowest BCUT2D eigenvalue weighted by Gasteiger charge is -2.22. The summed E-state index contributed by atoms with van der Waals surface area (Å²) in [4.78, 5) is 49.9. The van der Waals surface area contributed by atoms with E-state index >= 15 is 0 Å². The Morgan fingerprint density at radius 1 is 0.274 bits per heavy atom. The van der Waals surface area contributed by atoms with Gasteiger partial charge in [0, 0.05) is 86.4 Å². The summed E-state index contributed by atoms with van der Waals surface area (Å²) in [7, 11) is 0. The average molecular weight is 1700 g/mol. The molecule has 0 radical (unpaired) electrons. The maximum atomic E-state index is 8.07. The topological polar surface area (TPSA) is 142 Å². The minimum Gasteiger partial charge on any atom is -0.236 e. The van der Waals surface area contributed by atoms with Gasteiger partial charge in [-0.05, 0) is 137 Å². The minimum atomic E-state index is -0.420. The monoisotopic (exact) mass is 1690 g/mol. The summed E-state index contributed by atoms with van der Waals surface area (Å²) in [5.41, 5.74) is 20.0. The molecule has 0 saturated carbocycles. The van der Waals surface area contributed by atoms with Crippen molar-refractivity contribution in [1.29, 1.82) is 0 Å². The first-order chi connectivity index (χ1) is 53.9. The van der Waals surface area contributed by atoms with Gasteiger partial charge in [0.25, 0.3) is 0 Å². The van der Waals surface area contributed by atoms with Crippen LogP contribution < -0.4 is 0 Å². The quantitative estimate of drug-likeness (QED) is 0.141. The lowest BCUT2D eigenvalue weighted by atomic mass is 9.82. The van der Waals surface area contributed by atoms with E-state index < -0.39 is 6.04 Å². The third-order valence-corrected chi connectivity index (χ3v) is 19.8. The maximum Gasteiger partial charge on any atom is 0.199 e. The van der Waals surface area contributed by atoms with Crippen LogP contribution in [0.1, 0.15) is 31.8 Å². The van der Waals surface area contributed by atoms with E-state index in [9.17, 15) is 0 Å². The number of benzene rings is 12. The normalized spacial score (nSPS) is 12.3. The van der Waals surface area contributed by atoms with Crippen LogP contribution >= 0.6 is 79.6 Å². The van der Waals surface area contributed by atoms with Gasteiger partial charge in [-0.25, -0.2) is 54.8 Å². The van der Waals surface area contributed by atoms with Gasteiger partial charge in [-0.15, -0.1) is 0 Å². The number of para-hydroxylation sites is 4. The predicted molar refractivity (Wildman–Crippen MR) is 450 cm³/mol. The molecule has 16 heteroatoms. The second-order valence-corrected chi connectivity index (χ2v) is 28.8. The van der Waals surface area contributed by atoms with Gasteiger partial charge in [0.15, 0.2) is 31.5 Å². The van der Waals surface area contributed by atoms with Gasteiger partial charge in [0.1, 0.15) is 0 Å². The molecule has 1 aliphatic carbocycles. The number of fused-ring (bicyclic) bond motifs is 8. The van der Waals surface area contributed by atoms with E-state index in [1.165, 1.54) is 22.3 Å². The minimum absolute atomic E-state index is 0.0744. The molecule has 0 spiro atoms. The van der Waals surface area contributed by atoms with E-state index in [0.29, 0.717) is 36.4 Å². The fourth-order valence-corrected chi connectivity index (χ4v) is 14.4. The zero-order valence-corrected chi connectivity index (χ0v) is 64.5. The highest BCUT2D eigenvalue weighted by Gasteiger charge is 2.36. The molecule has 18 aromatic rings. The van der Waals surface area contributed by atoms with Crippen LogP contribution in [-0.4, -0.2) is 54.8 Å². The van der Waals surface area contributed by atoms with E-state index in [2.05, 4.69) is 232 Å². The summed E-state index contributed by atoms with van der Waals surface area (Å²) in [6.45, 7) is 4.59. The summed E-state index contributed by atoms with van der Waals surface area (Å²) >= 11 is 17.0. The molecule has 510 valence electrons. The lowest BCUT2D eigenvalue weighted by molar-refractivity contribution is 0.660. The van der Waals surface area contributed by atoms with Gasteiger partial charge in [0.2, 0.25) is 0 Å². The molecular weight excluding hydrogens is 1630 g/mol. The van der Waals surface area contributed by atoms with Crippen molar-refractivity contribution >= 4 is 134 Å². The van der Waals surface area contributed by atoms with E-state index in [4.69, 9.17) is 26.8 Å². The first-order valence-electron chi connectivity index (χ1n) is 36.1. The molecule has 19 rings (SSSR count). The van der Waals surface area contributed by atoms with Crippen LogP contribution in [0, 0.1) is 0 Å². The Labute approximate surface area is 661 Å². The summed E-state index contributed by atoms with van der Waals surface area (Å²) < 4.78 is 43.0. The standard InChI is InChI=1S/C29H21BrN2.C20H13BrN2.2C14H9BrN2.C13H8BrN3/c1-29(2)24-16-19(12-14-21(24)22-15-13-20(30)17-25(22)29)28-31-26-11-7-6-10-23(26)27(32-28)18-8-4-3-5-9-18;21-16-12-10-15(11-13-16)20-22-18-9-5-4-8-17(18)19(23-20)14-6-2-1-3-7-14;2*15-14-16-12-9-5-4-8-11(12)13(17-14)10-6-2-1-3-7-10;14-13-16-11(9-5-2-1-3-6-9)10-7-4-8-15-12(10)17-13/h3-17H,1-2H3;1-13H;2*1-9H;1-8H/i;;1D,2D,3D,6D,7D;;. The van der Waals surface area contributed by atoms with Crippen molar-refractivity contribution in [2.24, 2.45) is 0 Å². The van der Waals surface area contributed by atoms with Crippen LogP contribution in [-0.2, 0) is 5.41 Å². The molecule has 0 fully saturated rings. The van der Waals surface area contributed by atoms with E-state index in [0.717, 1.165) is 115 Å².